The lowest BCUT2D eigenvalue weighted by Crippen LogP contribution is -2.32. The van der Waals surface area contributed by atoms with Gasteiger partial charge in [0.05, 0.1) is 13.7 Å². The lowest BCUT2D eigenvalue weighted by molar-refractivity contribution is 0.0835. The summed E-state index contributed by atoms with van der Waals surface area (Å²) in [5, 5.41) is 10.8. The fourth-order valence-electron chi connectivity index (χ4n) is 3.76. The maximum atomic E-state index is 10.8. The molecule has 2 aliphatic heterocycles. The highest BCUT2D eigenvalue weighted by molar-refractivity contribution is 5.53. The average molecular weight is 340 g/mol. The zero-order valence-corrected chi connectivity index (χ0v) is 15.0. The van der Waals surface area contributed by atoms with Crippen LogP contribution in [-0.4, -0.2) is 24.4 Å². The maximum absolute atomic E-state index is 10.8. The van der Waals surface area contributed by atoms with Gasteiger partial charge in [-0.15, -0.1) is 0 Å². The largest absolute Gasteiger partial charge is 0.507 e. The van der Waals surface area contributed by atoms with Gasteiger partial charge in [-0.25, -0.2) is 0 Å². The Morgan fingerprint density at radius 1 is 1.16 bits per heavy atom. The first-order valence-corrected chi connectivity index (χ1v) is 8.80. The van der Waals surface area contributed by atoms with Crippen molar-refractivity contribution in [1.82, 2.24) is 0 Å². The van der Waals surface area contributed by atoms with Gasteiger partial charge in [-0.3, -0.25) is 0 Å². The maximum Gasteiger partial charge on any atom is 0.127 e. The smallest absolute Gasteiger partial charge is 0.127 e. The van der Waals surface area contributed by atoms with Gasteiger partial charge in [-0.2, -0.15) is 0 Å². The van der Waals surface area contributed by atoms with E-state index < -0.39 is 0 Å². The Bertz CT molecular complexity index is 810. The van der Waals surface area contributed by atoms with Crippen molar-refractivity contribution in [2.24, 2.45) is 0 Å². The Labute approximate surface area is 148 Å². The van der Waals surface area contributed by atoms with Crippen molar-refractivity contribution in [3.8, 4) is 23.0 Å². The van der Waals surface area contributed by atoms with Crippen molar-refractivity contribution in [3.05, 3.63) is 47.0 Å². The van der Waals surface area contributed by atoms with Gasteiger partial charge in [0, 0.05) is 23.1 Å². The molecule has 0 aromatic heterocycles. The third-order valence-corrected chi connectivity index (χ3v) is 5.25. The van der Waals surface area contributed by atoms with Gasteiger partial charge in [0.1, 0.15) is 28.6 Å². The molecule has 2 aliphatic rings. The Balaban J connectivity index is 1.63. The van der Waals surface area contributed by atoms with Crippen LogP contribution >= 0.6 is 0 Å². The predicted octanol–water partition coefficient (Wildman–Crippen LogP) is 4.22. The van der Waals surface area contributed by atoms with E-state index in [0.29, 0.717) is 12.4 Å². The molecular formula is C21H24O4. The average Bonchev–Trinajstić information content (AvgIpc) is 2.60. The van der Waals surface area contributed by atoms with Crippen LogP contribution in [0, 0.1) is 0 Å². The van der Waals surface area contributed by atoms with E-state index in [2.05, 4.69) is 13.8 Å². The molecule has 0 saturated carbocycles. The van der Waals surface area contributed by atoms with Gasteiger partial charge >= 0.3 is 0 Å². The Morgan fingerprint density at radius 3 is 2.80 bits per heavy atom. The number of aromatic hydroxyl groups is 1. The second-order valence-electron chi connectivity index (χ2n) is 7.53. The number of phenolic OH excluding ortho intramolecular Hbond substituents is 1. The second-order valence-corrected chi connectivity index (χ2v) is 7.53. The summed E-state index contributed by atoms with van der Waals surface area (Å²) in [5.74, 6) is 2.99. The van der Waals surface area contributed by atoms with Crippen LogP contribution in [0.2, 0.25) is 0 Å². The topological polar surface area (TPSA) is 47.9 Å². The van der Waals surface area contributed by atoms with Crippen molar-refractivity contribution < 1.29 is 19.3 Å². The summed E-state index contributed by atoms with van der Waals surface area (Å²) in [7, 11) is 1.65. The van der Waals surface area contributed by atoms with Crippen molar-refractivity contribution in [3.63, 3.8) is 0 Å². The molecule has 1 unspecified atom stereocenters. The normalized spacial score (nSPS) is 20.7. The minimum absolute atomic E-state index is 0.140. The van der Waals surface area contributed by atoms with E-state index >= 15 is 0 Å². The molecule has 4 nitrogen and oxygen atoms in total. The van der Waals surface area contributed by atoms with E-state index in [4.69, 9.17) is 14.2 Å². The van der Waals surface area contributed by atoms with Crippen LogP contribution in [0.1, 0.15) is 42.9 Å². The highest BCUT2D eigenvalue weighted by Gasteiger charge is 2.31. The van der Waals surface area contributed by atoms with E-state index in [1.165, 1.54) is 0 Å². The number of hydrogen-bond acceptors (Lipinski definition) is 4. The molecule has 2 aromatic rings. The number of benzene rings is 2. The molecule has 0 fully saturated rings. The molecule has 2 aromatic carbocycles. The Morgan fingerprint density at radius 2 is 2.00 bits per heavy atom. The van der Waals surface area contributed by atoms with Crippen molar-refractivity contribution in [1.29, 1.82) is 0 Å². The molecule has 0 saturated heterocycles. The third-order valence-electron chi connectivity index (χ3n) is 5.25. The number of rotatable bonds is 2. The summed E-state index contributed by atoms with van der Waals surface area (Å²) in [5.41, 5.74) is 2.85. The molecule has 4 rings (SSSR count). The summed E-state index contributed by atoms with van der Waals surface area (Å²) >= 11 is 0. The van der Waals surface area contributed by atoms with Gasteiger partial charge in [-0.1, -0.05) is 12.1 Å². The molecular weight excluding hydrogens is 316 g/mol. The first-order chi connectivity index (χ1) is 12.0. The molecule has 2 heterocycles. The molecule has 1 N–H and O–H groups in total. The summed E-state index contributed by atoms with van der Waals surface area (Å²) < 4.78 is 17.2. The first kappa shape index (κ1) is 16.1. The van der Waals surface area contributed by atoms with Gasteiger partial charge in [0.2, 0.25) is 0 Å². The number of fused-ring (bicyclic) bond motifs is 2. The SMILES string of the molecule is COc1ccc2c(c1)OCC(c1ccc3c(c1O)CCC(C)(C)O3)C2. The Kier molecular flexibility index (Phi) is 3.78. The van der Waals surface area contributed by atoms with Crippen LogP contribution in [-0.2, 0) is 12.8 Å². The van der Waals surface area contributed by atoms with Gasteiger partial charge in [0.15, 0.2) is 0 Å². The minimum Gasteiger partial charge on any atom is -0.507 e. The number of hydrogen-bond donors (Lipinski definition) is 1. The quantitative estimate of drug-likeness (QED) is 0.889. The molecule has 1 atom stereocenters. The summed E-state index contributed by atoms with van der Waals surface area (Å²) in [6, 6.07) is 9.90. The Hall–Kier alpha value is -2.36. The molecule has 0 bridgehead atoms. The van der Waals surface area contributed by atoms with Crippen LogP contribution in [0.5, 0.6) is 23.0 Å². The van der Waals surface area contributed by atoms with Crippen molar-refractivity contribution >= 4 is 0 Å². The summed E-state index contributed by atoms with van der Waals surface area (Å²) in [4.78, 5) is 0. The van der Waals surface area contributed by atoms with E-state index in [1.807, 2.05) is 30.3 Å². The molecule has 4 heteroatoms. The zero-order valence-electron chi connectivity index (χ0n) is 15.0. The first-order valence-electron chi connectivity index (χ1n) is 8.80. The molecule has 0 radical (unpaired) electrons. The molecule has 0 amide bonds. The van der Waals surface area contributed by atoms with Crippen LogP contribution in [0.25, 0.3) is 0 Å². The third kappa shape index (κ3) is 2.90. The van der Waals surface area contributed by atoms with E-state index in [9.17, 15) is 5.11 Å². The lowest BCUT2D eigenvalue weighted by atomic mass is 9.86. The van der Waals surface area contributed by atoms with Crippen LogP contribution < -0.4 is 14.2 Å². The van der Waals surface area contributed by atoms with E-state index in [1.54, 1.807) is 7.11 Å². The monoisotopic (exact) mass is 340 g/mol. The highest BCUT2D eigenvalue weighted by Crippen LogP contribution is 2.44. The second kappa shape index (κ2) is 5.87. The van der Waals surface area contributed by atoms with E-state index in [0.717, 1.165) is 53.2 Å². The van der Waals surface area contributed by atoms with E-state index in [-0.39, 0.29) is 11.5 Å². The standard InChI is InChI=1S/C21H24O4/c1-21(2)9-8-17-18(25-21)7-6-16(20(17)22)14-10-13-4-5-15(23-3)11-19(13)24-12-14/h4-7,11,14,22H,8-10,12H2,1-3H3. The van der Waals surface area contributed by atoms with Gasteiger partial charge < -0.3 is 19.3 Å². The fraction of sp³-hybridized carbons (Fsp3) is 0.429. The number of ether oxygens (including phenoxy) is 3. The minimum atomic E-state index is -0.174. The summed E-state index contributed by atoms with van der Waals surface area (Å²) in [6.45, 7) is 4.72. The van der Waals surface area contributed by atoms with Crippen LogP contribution in [0.3, 0.4) is 0 Å². The van der Waals surface area contributed by atoms with Crippen molar-refractivity contribution in [2.45, 2.75) is 44.6 Å². The molecule has 0 spiro atoms. The molecule has 0 aliphatic carbocycles. The number of methoxy groups -OCH3 is 1. The molecule has 132 valence electrons. The van der Waals surface area contributed by atoms with Gasteiger partial charge in [-0.05, 0) is 50.8 Å². The molecule has 25 heavy (non-hydrogen) atoms. The van der Waals surface area contributed by atoms with Crippen LogP contribution in [0.15, 0.2) is 30.3 Å². The fourth-order valence-corrected chi connectivity index (χ4v) is 3.76. The highest BCUT2D eigenvalue weighted by atomic mass is 16.5. The number of phenols is 1. The van der Waals surface area contributed by atoms with Gasteiger partial charge in [0.25, 0.3) is 0 Å². The zero-order chi connectivity index (χ0) is 17.6. The predicted molar refractivity (Wildman–Crippen MR) is 96.1 cm³/mol. The van der Waals surface area contributed by atoms with Crippen molar-refractivity contribution in [2.75, 3.05) is 13.7 Å². The summed E-state index contributed by atoms with van der Waals surface area (Å²) in [6.07, 6.45) is 2.59. The lowest BCUT2D eigenvalue weighted by Gasteiger charge is -2.34. The van der Waals surface area contributed by atoms with Crippen LogP contribution in [0.4, 0.5) is 0 Å².